The van der Waals surface area contributed by atoms with Gasteiger partial charge in [-0.05, 0) is 37.3 Å². The number of nitrogens with zero attached hydrogens (tertiary/aromatic N) is 2. The van der Waals surface area contributed by atoms with E-state index in [1.165, 1.54) is 6.92 Å². The van der Waals surface area contributed by atoms with E-state index in [2.05, 4.69) is 15.6 Å². The molecule has 0 aliphatic heterocycles. The molecule has 0 spiro atoms. The van der Waals surface area contributed by atoms with Crippen LogP contribution in [0.15, 0.2) is 47.3 Å². The van der Waals surface area contributed by atoms with E-state index in [1.807, 2.05) is 13.8 Å². The Labute approximate surface area is 180 Å². The van der Waals surface area contributed by atoms with Crippen LogP contribution >= 0.6 is 0 Å². The van der Waals surface area contributed by atoms with Crippen molar-refractivity contribution < 1.29 is 14.3 Å². The number of ketones is 1. The van der Waals surface area contributed by atoms with Crippen LogP contribution < -0.4 is 16.2 Å². The standard InChI is InChI=1S/C23H26N4O4/c1-14(2)21-26-20-9-8-18(13-19(20)22(29)27(21)10-11-31-4)25-23(30)24-17-7-5-6-16(12-17)15(3)28/h5-9,12-14H,10-11H2,1-4H3,(H2,24,25,30). The summed E-state index contributed by atoms with van der Waals surface area (Å²) in [5, 5.41) is 5.83. The average Bonchev–Trinajstić information content (AvgIpc) is 2.73. The molecule has 31 heavy (non-hydrogen) atoms. The molecular formula is C23H26N4O4. The van der Waals surface area contributed by atoms with Gasteiger partial charge >= 0.3 is 6.03 Å². The SMILES string of the molecule is COCCn1c(C(C)C)nc2ccc(NC(=O)Nc3cccc(C(C)=O)c3)cc2c1=O. The Morgan fingerprint density at radius 3 is 2.45 bits per heavy atom. The molecule has 2 aromatic carbocycles. The topological polar surface area (TPSA) is 102 Å². The highest BCUT2D eigenvalue weighted by Crippen LogP contribution is 2.19. The number of benzene rings is 2. The van der Waals surface area contributed by atoms with E-state index in [0.717, 1.165) is 0 Å². The van der Waals surface area contributed by atoms with Crippen LogP contribution in [0, 0.1) is 0 Å². The van der Waals surface area contributed by atoms with Crippen LogP contribution in [0.4, 0.5) is 16.2 Å². The molecule has 162 valence electrons. The minimum atomic E-state index is -0.480. The van der Waals surface area contributed by atoms with Gasteiger partial charge in [-0.2, -0.15) is 0 Å². The second kappa shape index (κ2) is 9.53. The predicted octanol–water partition coefficient (Wildman–Crippen LogP) is 4.01. The number of carbonyl (C=O) groups is 2. The molecule has 8 nitrogen and oxygen atoms in total. The van der Waals surface area contributed by atoms with Crippen molar-refractivity contribution in [3.63, 3.8) is 0 Å². The van der Waals surface area contributed by atoms with E-state index in [-0.39, 0.29) is 17.3 Å². The second-order valence-corrected chi connectivity index (χ2v) is 7.52. The Kier molecular flexibility index (Phi) is 6.81. The Hall–Kier alpha value is -3.52. The molecule has 3 aromatic rings. The number of anilines is 2. The molecule has 0 saturated carbocycles. The molecule has 0 bridgehead atoms. The number of amides is 2. The van der Waals surface area contributed by atoms with Gasteiger partial charge in [-0.25, -0.2) is 9.78 Å². The molecule has 2 amide bonds. The average molecular weight is 422 g/mol. The van der Waals surface area contributed by atoms with Crippen molar-refractivity contribution in [1.82, 2.24) is 9.55 Å². The van der Waals surface area contributed by atoms with Crippen LogP contribution in [0.3, 0.4) is 0 Å². The number of fused-ring (bicyclic) bond motifs is 1. The third-order valence-electron chi connectivity index (χ3n) is 4.80. The molecular weight excluding hydrogens is 396 g/mol. The van der Waals surface area contributed by atoms with Crippen molar-refractivity contribution in [2.24, 2.45) is 0 Å². The van der Waals surface area contributed by atoms with Gasteiger partial charge in [-0.3, -0.25) is 14.2 Å². The van der Waals surface area contributed by atoms with Crippen molar-refractivity contribution in [3.05, 3.63) is 64.2 Å². The molecule has 2 N–H and O–H groups in total. The van der Waals surface area contributed by atoms with E-state index in [0.29, 0.717) is 46.8 Å². The van der Waals surface area contributed by atoms with Gasteiger partial charge in [0.05, 0.1) is 24.1 Å². The first kappa shape index (κ1) is 22.2. The summed E-state index contributed by atoms with van der Waals surface area (Å²) in [6.07, 6.45) is 0. The van der Waals surface area contributed by atoms with E-state index in [1.54, 1.807) is 54.1 Å². The maximum absolute atomic E-state index is 13.1. The van der Waals surface area contributed by atoms with Gasteiger partial charge in [0.15, 0.2) is 5.78 Å². The number of aromatic nitrogens is 2. The van der Waals surface area contributed by atoms with Crippen LogP contribution in [0.2, 0.25) is 0 Å². The molecule has 1 aromatic heterocycles. The molecule has 0 unspecified atom stereocenters. The molecule has 0 saturated heterocycles. The van der Waals surface area contributed by atoms with Crippen LogP contribution in [0.5, 0.6) is 0 Å². The van der Waals surface area contributed by atoms with E-state index in [4.69, 9.17) is 4.74 Å². The van der Waals surface area contributed by atoms with Crippen molar-refractivity contribution in [2.45, 2.75) is 33.2 Å². The lowest BCUT2D eigenvalue weighted by atomic mass is 10.1. The summed E-state index contributed by atoms with van der Waals surface area (Å²) < 4.78 is 6.75. The molecule has 3 rings (SSSR count). The Morgan fingerprint density at radius 2 is 1.81 bits per heavy atom. The van der Waals surface area contributed by atoms with Gasteiger partial charge in [0.1, 0.15) is 5.82 Å². The highest BCUT2D eigenvalue weighted by Gasteiger charge is 2.15. The van der Waals surface area contributed by atoms with Gasteiger partial charge in [0, 0.05) is 30.0 Å². The lowest BCUT2D eigenvalue weighted by molar-refractivity contribution is 0.101. The van der Waals surface area contributed by atoms with Crippen LogP contribution in [-0.4, -0.2) is 35.1 Å². The van der Waals surface area contributed by atoms with Crippen molar-refractivity contribution in [3.8, 4) is 0 Å². The fraction of sp³-hybridized carbons (Fsp3) is 0.304. The van der Waals surface area contributed by atoms with Crippen LogP contribution in [0.25, 0.3) is 10.9 Å². The molecule has 0 aliphatic carbocycles. The number of rotatable bonds is 7. The maximum Gasteiger partial charge on any atom is 0.323 e. The lowest BCUT2D eigenvalue weighted by Crippen LogP contribution is -2.28. The minimum absolute atomic E-state index is 0.0725. The first-order chi connectivity index (χ1) is 14.8. The lowest BCUT2D eigenvalue weighted by Gasteiger charge is -2.16. The molecule has 0 atom stereocenters. The maximum atomic E-state index is 13.1. The second-order valence-electron chi connectivity index (χ2n) is 7.52. The summed E-state index contributed by atoms with van der Waals surface area (Å²) in [7, 11) is 1.58. The highest BCUT2D eigenvalue weighted by molar-refractivity contribution is 6.02. The van der Waals surface area contributed by atoms with Crippen molar-refractivity contribution >= 4 is 34.1 Å². The predicted molar refractivity (Wildman–Crippen MR) is 121 cm³/mol. The molecule has 0 fully saturated rings. The highest BCUT2D eigenvalue weighted by atomic mass is 16.5. The Bertz CT molecular complexity index is 1180. The van der Waals surface area contributed by atoms with Crippen LogP contribution in [0.1, 0.15) is 42.9 Å². The first-order valence-corrected chi connectivity index (χ1v) is 10.0. The number of hydrogen-bond donors (Lipinski definition) is 2. The zero-order chi connectivity index (χ0) is 22.5. The van der Waals surface area contributed by atoms with Crippen molar-refractivity contribution in [2.75, 3.05) is 24.4 Å². The van der Waals surface area contributed by atoms with E-state index in [9.17, 15) is 14.4 Å². The fourth-order valence-electron chi connectivity index (χ4n) is 3.26. The van der Waals surface area contributed by atoms with E-state index < -0.39 is 6.03 Å². The summed E-state index contributed by atoms with van der Waals surface area (Å²) in [5.41, 5.74) is 1.86. The quantitative estimate of drug-likeness (QED) is 0.560. The zero-order valence-corrected chi connectivity index (χ0v) is 18.1. The third-order valence-corrected chi connectivity index (χ3v) is 4.80. The zero-order valence-electron chi connectivity index (χ0n) is 18.1. The number of ether oxygens (including phenoxy) is 1. The van der Waals surface area contributed by atoms with Gasteiger partial charge in [-0.15, -0.1) is 0 Å². The monoisotopic (exact) mass is 422 g/mol. The molecule has 8 heteroatoms. The number of carbonyl (C=O) groups excluding carboxylic acids is 2. The fourth-order valence-corrected chi connectivity index (χ4v) is 3.26. The summed E-state index contributed by atoms with van der Waals surface area (Å²) >= 11 is 0. The van der Waals surface area contributed by atoms with Gasteiger partial charge in [0.2, 0.25) is 0 Å². The molecule has 0 radical (unpaired) electrons. The Balaban J connectivity index is 1.88. The molecule has 1 heterocycles. The largest absolute Gasteiger partial charge is 0.383 e. The number of urea groups is 1. The Morgan fingerprint density at radius 1 is 1.10 bits per heavy atom. The van der Waals surface area contributed by atoms with Gasteiger partial charge < -0.3 is 15.4 Å². The smallest absolute Gasteiger partial charge is 0.323 e. The number of Topliss-reactive ketones (excluding diaryl/α,β-unsaturated/α-hetero) is 1. The minimum Gasteiger partial charge on any atom is -0.383 e. The summed E-state index contributed by atoms with van der Waals surface area (Å²) in [4.78, 5) is 41.7. The van der Waals surface area contributed by atoms with Gasteiger partial charge in [0.25, 0.3) is 5.56 Å². The summed E-state index contributed by atoms with van der Waals surface area (Å²) in [5.74, 6) is 0.679. The third kappa shape index (κ3) is 5.16. The normalized spacial score (nSPS) is 11.0. The molecule has 0 aliphatic rings. The van der Waals surface area contributed by atoms with Gasteiger partial charge in [-0.1, -0.05) is 26.0 Å². The summed E-state index contributed by atoms with van der Waals surface area (Å²) in [6, 6.07) is 11.2. The van der Waals surface area contributed by atoms with Crippen LogP contribution in [-0.2, 0) is 11.3 Å². The number of hydrogen-bond acceptors (Lipinski definition) is 5. The number of methoxy groups -OCH3 is 1. The van der Waals surface area contributed by atoms with E-state index >= 15 is 0 Å². The first-order valence-electron chi connectivity index (χ1n) is 10.0. The van der Waals surface area contributed by atoms with Crippen molar-refractivity contribution in [1.29, 1.82) is 0 Å². The summed E-state index contributed by atoms with van der Waals surface area (Å²) in [6.45, 7) is 6.23. The number of nitrogens with one attached hydrogen (secondary N) is 2.